The summed E-state index contributed by atoms with van der Waals surface area (Å²) in [5, 5.41) is 8.36. The fourth-order valence-electron chi connectivity index (χ4n) is 1.66. The van der Waals surface area contributed by atoms with Crippen molar-refractivity contribution in [3.63, 3.8) is 0 Å². The first-order valence-electron chi connectivity index (χ1n) is 5.09. The third kappa shape index (κ3) is 2.30. The molecule has 0 radical (unpaired) electrons. The Hall–Kier alpha value is -1.65. The number of rotatable bonds is 2. The minimum absolute atomic E-state index is 0.0118. The lowest BCUT2D eigenvalue weighted by atomic mass is 10.0. The summed E-state index contributed by atoms with van der Waals surface area (Å²) in [5.41, 5.74) is 7.42. The van der Waals surface area contributed by atoms with Crippen molar-refractivity contribution < 1.29 is 4.79 Å². The number of halogens is 2. The molecule has 0 bridgehead atoms. The van der Waals surface area contributed by atoms with E-state index in [0.717, 1.165) is 5.56 Å². The van der Waals surface area contributed by atoms with E-state index in [-0.39, 0.29) is 10.7 Å². The molecule has 0 spiro atoms. The van der Waals surface area contributed by atoms with Crippen molar-refractivity contribution in [1.82, 2.24) is 10.2 Å². The van der Waals surface area contributed by atoms with Crippen molar-refractivity contribution in [3.05, 3.63) is 45.6 Å². The topological polar surface area (TPSA) is 68.9 Å². The van der Waals surface area contributed by atoms with E-state index in [1.807, 2.05) is 0 Å². The normalized spacial score (nSPS) is 10.4. The van der Waals surface area contributed by atoms with E-state index < -0.39 is 5.91 Å². The van der Waals surface area contributed by atoms with Gasteiger partial charge in [0, 0.05) is 10.6 Å². The third-order valence-corrected chi connectivity index (χ3v) is 3.05. The van der Waals surface area contributed by atoms with Gasteiger partial charge in [-0.05, 0) is 24.6 Å². The standard InChI is InChI=1S/C12H9Cl2N3O/c1-6-9(12(15)18)11(14)17-16-10(6)7-2-4-8(13)5-3-7/h2-5H,1H3,(H2,15,18). The van der Waals surface area contributed by atoms with Gasteiger partial charge < -0.3 is 5.73 Å². The molecule has 0 unspecified atom stereocenters. The van der Waals surface area contributed by atoms with E-state index in [0.29, 0.717) is 16.3 Å². The second kappa shape index (κ2) is 4.92. The molecule has 92 valence electrons. The second-order valence-corrected chi connectivity index (χ2v) is 4.51. The lowest BCUT2D eigenvalue weighted by Crippen LogP contribution is -2.15. The van der Waals surface area contributed by atoms with Gasteiger partial charge in [0.1, 0.15) is 0 Å². The van der Waals surface area contributed by atoms with E-state index in [4.69, 9.17) is 28.9 Å². The summed E-state index contributed by atoms with van der Waals surface area (Å²) in [7, 11) is 0. The lowest BCUT2D eigenvalue weighted by Gasteiger charge is -2.08. The van der Waals surface area contributed by atoms with Crippen LogP contribution in [-0.2, 0) is 0 Å². The Labute approximate surface area is 114 Å². The molecule has 2 N–H and O–H groups in total. The molecule has 1 amide bonds. The highest BCUT2D eigenvalue weighted by molar-refractivity contribution is 6.32. The number of amides is 1. The molecule has 0 aliphatic rings. The van der Waals surface area contributed by atoms with Crippen LogP contribution in [0.2, 0.25) is 10.2 Å². The fourth-order valence-corrected chi connectivity index (χ4v) is 2.06. The number of primary amides is 1. The van der Waals surface area contributed by atoms with Gasteiger partial charge in [0.2, 0.25) is 0 Å². The zero-order valence-electron chi connectivity index (χ0n) is 9.45. The molecule has 0 fully saturated rings. The Kier molecular flexibility index (Phi) is 3.50. The summed E-state index contributed by atoms with van der Waals surface area (Å²) in [5.74, 6) is -0.623. The molecule has 0 atom stereocenters. The highest BCUT2D eigenvalue weighted by Crippen LogP contribution is 2.26. The van der Waals surface area contributed by atoms with Crippen LogP contribution in [0.5, 0.6) is 0 Å². The van der Waals surface area contributed by atoms with Gasteiger partial charge in [0.25, 0.3) is 5.91 Å². The Balaban J connectivity index is 2.62. The van der Waals surface area contributed by atoms with Crippen LogP contribution in [-0.4, -0.2) is 16.1 Å². The van der Waals surface area contributed by atoms with Crippen LogP contribution in [0.25, 0.3) is 11.3 Å². The van der Waals surface area contributed by atoms with Gasteiger partial charge in [-0.25, -0.2) is 0 Å². The largest absolute Gasteiger partial charge is 0.365 e. The summed E-state index contributed by atoms with van der Waals surface area (Å²) < 4.78 is 0. The summed E-state index contributed by atoms with van der Waals surface area (Å²) in [4.78, 5) is 11.3. The van der Waals surface area contributed by atoms with Crippen molar-refractivity contribution in [1.29, 1.82) is 0 Å². The number of hydrogen-bond acceptors (Lipinski definition) is 3. The number of hydrogen-bond donors (Lipinski definition) is 1. The van der Waals surface area contributed by atoms with Crippen LogP contribution in [0.4, 0.5) is 0 Å². The molecule has 2 rings (SSSR count). The lowest BCUT2D eigenvalue weighted by molar-refractivity contribution is 0.0999. The molecule has 1 aromatic carbocycles. The number of benzene rings is 1. The zero-order valence-corrected chi connectivity index (χ0v) is 11.0. The molecule has 6 heteroatoms. The molecule has 0 aliphatic carbocycles. The first kappa shape index (κ1) is 12.8. The van der Waals surface area contributed by atoms with Gasteiger partial charge >= 0.3 is 0 Å². The molecule has 18 heavy (non-hydrogen) atoms. The first-order chi connectivity index (χ1) is 8.50. The van der Waals surface area contributed by atoms with E-state index in [2.05, 4.69) is 10.2 Å². The minimum atomic E-state index is -0.623. The molecular weight excluding hydrogens is 273 g/mol. The average Bonchev–Trinajstić information content (AvgIpc) is 2.30. The van der Waals surface area contributed by atoms with Crippen LogP contribution >= 0.6 is 23.2 Å². The second-order valence-electron chi connectivity index (χ2n) is 3.71. The van der Waals surface area contributed by atoms with Gasteiger partial charge in [0.15, 0.2) is 5.15 Å². The summed E-state index contributed by atoms with van der Waals surface area (Å²) in [6, 6.07) is 7.04. The van der Waals surface area contributed by atoms with E-state index in [1.165, 1.54) is 0 Å². The Morgan fingerprint density at radius 2 is 1.78 bits per heavy atom. The predicted octanol–water partition coefficient (Wildman–Crippen LogP) is 2.86. The van der Waals surface area contributed by atoms with Gasteiger partial charge in [-0.2, -0.15) is 0 Å². The van der Waals surface area contributed by atoms with Crippen molar-refractivity contribution in [2.24, 2.45) is 5.73 Å². The number of carbonyl (C=O) groups is 1. The van der Waals surface area contributed by atoms with Crippen LogP contribution < -0.4 is 5.73 Å². The molecule has 4 nitrogen and oxygen atoms in total. The summed E-state index contributed by atoms with van der Waals surface area (Å²) >= 11 is 11.6. The van der Waals surface area contributed by atoms with Crippen LogP contribution in [0.1, 0.15) is 15.9 Å². The van der Waals surface area contributed by atoms with Crippen molar-refractivity contribution in [2.75, 3.05) is 0 Å². The van der Waals surface area contributed by atoms with Crippen molar-refractivity contribution in [2.45, 2.75) is 6.92 Å². The number of nitrogens with zero attached hydrogens (tertiary/aromatic N) is 2. The number of aromatic nitrogens is 2. The molecular formula is C12H9Cl2N3O. The Bertz CT molecular complexity index is 611. The van der Waals surface area contributed by atoms with Gasteiger partial charge in [-0.15, -0.1) is 10.2 Å². The smallest absolute Gasteiger partial charge is 0.252 e. The Morgan fingerprint density at radius 1 is 1.17 bits per heavy atom. The summed E-state index contributed by atoms with van der Waals surface area (Å²) in [6.45, 7) is 1.73. The number of carbonyl (C=O) groups excluding carboxylic acids is 1. The predicted molar refractivity (Wildman–Crippen MR) is 70.7 cm³/mol. The van der Waals surface area contributed by atoms with Gasteiger partial charge in [0.05, 0.1) is 11.3 Å². The van der Waals surface area contributed by atoms with Crippen LogP contribution in [0, 0.1) is 6.92 Å². The van der Waals surface area contributed by atoms with Crippen molar-refractivity contribution >= 4 is 29.1 Å². The maximum absolute atomic E-state index is 11.3. The molecule has 0 aliphatic heterocycles. The first-order valence-corrected chi connectivity index (χ1v) is 5.85. The fraction of sp³-hybridized carbons (Fsp3) is 0.0833. The van der Waals surface area contributed by atoms with Gasteiger partial charge in [-0.1, -0.05) is 35.3 Å². The monoisotopic (exact) mass is 281 g/mol. The van der Waals surface area contributed by atoms with E-state index in [1.54, 1.807) is 31.2 Å². The molecule has 1 aromatic heterocycles. The molecule has 1 heterocycles. The maximum atomic E-state index is 11.3. The quantitative estimate of drug-likeness (QED) is 0.920. The Morgan fingerprint density at radius 3 is 2.33 bits per heavy atom. The minimum Gasteiger partial charge on any atom is -0.365 e. The highest BCUT2D eigenvalue weighted by Gasteiger charge is 2.17. The zero-order chi connectivity index (χ0) is 13.3. The SMILES string of the molecule is Cc1c(-c2ccc(Cl)cc2)nnc(Cl)c1C(N)=O. The number of nitrogens with two attached hydrogens (primary N) is 1. The molecule has 0 saturated carbocycles. The van der Waals surface area contributed by atoms with Gasteiger partial charge in [-0.3, -0.25) is 4.79 Å². The summed E-state index contributed by atoms with van der Waals surface area (Å²) in [6.07, 6.45) is 0. The third-order valence-electron chi connectivity index (χ3n) is 2.54. The maximum Gasteiger partial charge on any atom is 0.252 e. The van der Waals surface area contributed by atoms with Crippen molar-refractivity contribution in [3.8, 4) is 11.3 Å². The van der Waals surface area contributed by atoms with E-state index in [9.17, 15) is 4.79 Å². The molecule has 2 aromatic rings. The average molecular weight is 282 g/mol. The van der Waals surface area contributed by atoms with Crippen LogP contribution in [0.15, 0.2) is 24.3 Å². The highest BCUT2D eigenvalue weighted by atomic mass is 35.5. The van der Waals surface area contributed by atoms with Crippen LogP contribution in [0.3, 0.4) is 0 Å². The molecule has 0 saturated heterocycles. The van der Waals surface area contributed by atoms with E-state index >= 15 is 0 Å².